The third kappa shape index (κ3) is 4.39. The zero-order valence-electron chi connectivity index (χ0n) is 19.3. The van der Waals surface area contributed by atoms with Gasteiger partial charge in [-0.05, 0) is 41.5 Å². The van der Waals surface area contributed by atoms with Gasteiger partial charge in [0.15, 0.2) is 5.69 Å². The number of amides is 2. The summed E-state index contributed by atoms with van der Waals surface area (Å²) in [7, 11) is 1.74. The number of hydrogen-bond donors (Lipinski definition) is 3. The highest BCUT2D eigenvalue weighted by Gasteiger charge is 2.20. The molecule has 0 aliphatic heterocycles. The van der Waals surface area contributed by atoms with Crippen molar-refractivity contribution < 1.29 is 14.0 Å². The molecule has 2 aromatic carbocycles. The Morgan fingerprint density at radius 1 is 1.08 bits per heavy atom. The predicted molar refractivity (Wildman–Crippen MR) is 128 cm³/mol. The minimum absolute atomic E-state index is 0.159. The average Bonchev–Trinajstić information content (AvgIpc) is 3.53. The molecule has 0 fully saturated rings. The third-order valence-electron chi connectivity index (χ3n) is 5.64. The number of benzene rings is 2. The van der Waals surface area contributed by atoms with E-state index in [0.29, 0.717) is 39.2 Å². The van der Waals surface area contributed by atoms with E-state index in [1.807, 2.05) is 0 Å². The number of hydrogen-bond acceptors (Lipinski definition) is 7. The van der Waals surface area contributed by atoms with Crippen molar-refractivity contribution in [1.82, 2.24) is 40.5 Å². The van der Waals surface area contributed by atoms with Crippen LogP contribution >= 0.6 is 0 Å². The molecule has 2 amide bonds. The molecule has 0 aliphatic rings. The normalized spacial score (nSPS) is 11.0. The van der Waals surface area contributed by atoms with Crippen molar-refractivity contribution in [1.29, 1.82) is 0 Å². The third-order valence-corrected chi connectivity index (χ3v) is 5.64. The van der Waals surface area contributed by atoms with Crippen LogP contribution in [-0.2, 0) is 13.6 Å². The minimum atomic E-state index is -0.416. The molecule has 5 rings (SSSR count). The van der Waals surface area contributed by atoms with Crippen LogP contribution in [0.3, 0.4) is 0 Å². The predicted octanol–water partition coefficient (Wildman–Crippen LogP) is 2.78. The number of halogens is 1. The van der Waals surface area contributed by atoms with Crippen LogP contribution in [0.2, 0.25) is 0 Å². The van der Waals surface area contributed by atoms with Crippen LogP contribution in [0.15, 0.2) is 55.0 Å². The van der Waals surface area contributed by atoms with Crippen molar-refractivity contribution in [2.75, 3.05) is 5.32 Å². The number of tetrazole rings is 1. The first-order chi connectivity index (χ1) is 17.4. The maximum atomic E-state index is 13.5. The lowest BCUT2D eigenvalue weighted by Gasteiger charge is -2.08. The number of aryl methyl sites for hydroxylation is 2. The van der Waals surface area contributed by atoms with Crippen LogP contribution in [-0.4, -0.2) is 47.0 Å². The summed E-state index contributed by atoms with van der Waals surface area (Å²) in [5, 5.41) is 19.4. The second-order valence-corrected chi connectivity index (χ2v) is 8.11. The highest BCUT2D eigenvalue weighted by molar-refractivity contribution is 6.11. The van der Waals surface area contributed by atoms with Gasteiger partial charge in [-0.3, -0.25) is 9.59 Å². The number of carbonyl (C=O) groups is 2. The Balaban J connectivity index is 1.35. The summed E-state index contributed by atoms with van der Waals surface area (Å²) < 4.78 is 15.2. The van der Waals surface area contributed by atoms with Crippen molar-refractivity contribution in [3.8, 4) is 11.4 Å². The number of H-pyrrole nitrogens is 1. The molecule has 3 heterocycles. The van der Waals surface area contributed by atoms with E-state index in [0.717, 1.165) is 5.56 Å². The topological polar surface area (TPSA) is 143 Å². The Hall–Kier alpha value is -5.00. The summed E-state index contributed by atoms with van der Waals surface area (Å²) in [5.74, 6) is -0.643. The van der Waals surface area contributed by atoms with E-state index in [2.05, 4.69) is 41.2 Å². The van der Waals surface area contributed by atoms with Crippen molar-refractivity contribution in [3.05, 3.63) is 83.2 Å². The monoisotopic (exact) mass is 485 g/mol. The molecule has 11 nitrogen and oxygen atoms in total. The quantitative estimate of drug-likeness (QED) is 0.335. The van der Waals surface area contributed by atoms with Crippen LogP contribution in [0.1, 0.15) is 32.0 Å². The van der Waals surface area contributed by atoms with E-state index in [4.69, 9.17) is 0 Å². The second-order valence-electron chi connectivity index (χ2n) is 8.11. The number of aromatic nitrogens is 7. The largest absolute Gasteiger partial charge is 0.347 e. The number of rotatable bonds is 6. The van der Waals surface area contributed by atoms with Gasteiger partial charge in [0.1, 0.15) is 23.2 Å². The maximum Gasteiger partial charge on any atom is 0.272 e. The summed E-state index contributed by atoms with van der Waals surface area (Å²) in [6, 6.07) is 11.4. The van der Waals surface area contributed by atoms with Gasteiger partial charge in [0.05, 0.1) is 5.69 Å². The van der Waals surface area contributed by atoms with Gasteiger partial charge in [0.25, 0.3) is 11.8 Å². The highest BCUT2D eigenvalue weighted by atomic mass is 19.1. The lowest BCUT2D eigenvalue weighted by atomic mass is 10.1. The van der Waals surface area contributed by atoms with Crippen molar-refractivity contribution in [3.63, 3.8) is 0 Å². The Labute approximate surface area is 203 Å². The molecule has 0 aliphatic carbocycles. The number of anilines is 1. The van der Waals surface area contributed by atoms with Crippen molar-refractivity contribution >= 4 is 28.5 Å². The smallest absolute Gasteiger partial charge is 0.272 e. The Morgan fingerprint density at radius 3 is 2.61 bits per heavy atom. The van der Waals surface area contributed by atoms with Crippen molar-refractivity contribution in [2.24, 2.45) is 7.05 Å². The fourth-order valence-corrected chi connectivity index (χ4v) is 3.82. The summed E-state index contributed by atoms with van der Waals surface area (Å²) in [4.78, 5) is 34.2. The molecule has 180 valence electrons. The molecule has 0 unspecified atom stereocenters. The highest BCUT2D eigenvalue weighted by Crippen LogP contribution is 2.26. The van der Waals surface area contributed by atoms with Gasteiger partial charge >= 0.3 is 0 Å². The molecule has 36 heavy (non-hydrogen) atoms. The molecule has 0 bridgehead atoms. The van der Waals surface area contributed by atoms with E-state index in [1.54, 1.807) is 61.1 Å². The van der Waals surface area contributed by atoms with Crippen LogP contribution < -0.4 is 10.6 Å². The van der Waals surface area contributed by atoms with Crippen LogP contribution in [0, 0.1) is 12.7 Å². The lowest BCUT2D eigenvalue weighted by molar-refractivity contribution is 0.0946. The number of nitrogens with zero attached hydrogens (tertiary/aromatic N) is 6. The van der Waals surface area contributed by atoms with E-state index in [9.17, 15) is 14.0 Å². The molecule has 3 N–H and O–H groups in total. The van der Waals surface area contributed by atoms with Gasteiger partial charge in [-0.2, -0.15) is 5.21 Å². The molecule has 0 saturated carbocycles. The van der Waals surface area contributed by atoms with E-state index in [-0.39, 0.29) is 24.0 Å². The average molecular weight is 485 g/mol. The first-order valence-electron chi connectivity index (χ1n) is 10.9. The summed E-state index contributed by atoms with van der Waals surface area (Å²) in [6.45, 7) is 1.87. The summed E-state index contributed by atoms with van der Waals surface area (Å²) in [5.41, 5.74) is 3.87. The standard InChI is InChI=1S/C24H20FN9O2/c1-13-9-14(3-8-17(13)25)10-26-24(36)20-21-19(27-12-28-20)18(11-34(21)2)29-23(35)16-6-4-15(5-7-16)22-30-32-33-31-22/h3-9,11-12H,10H2,1-2H3,(H,26,36)(H,29,35)(H,30,31,32,33). The fraction of sp³-hybridized carbons (Fsp3) is 0.125. The van der Waals surface area contributed by atoms with Gasteiger partial charge < -0.3 is 15.2 Å². The maximum absolute atomic E-state index is 13.5. The molecule has 0 atom stereocenters. The Kier molecular flexibility index (Phi) is 5.90. The van der Waals surface area contributed by atoms with Gasteiger partial charge in [-0.25, -0.2) is 14.4 Å². The van der Waals surface area contributed by atoms with E-state index < -0.39 is 5.91 Å². The van der Waals surface area contributed by atoms with Crippen molar-refractivity contribution in [2.45, 2.75) is 13.5 Å². The van der Waals surface area contributed by atoms with Gasteiger partial charge in [0.2, 0.25) is 5.82 Å². The Morgan fingerprint density at radius 2 is 1.89 bits per heavy atom. The number of nitrogens with one attached hydrogen (secondary N) is 3. The van der Waals surface area contributed by atoms with Crippen LogP contribution in [0.25, 0.3) is 22.4 Å². The van der Waals surface area contributed by atoms with Gasteiger partial charge in [-0.15, -0.1) is 10.2 Å². The first-order valence-corrected chi connectivity index (χ1v) is 10.9. The van der Waals surface area contributed by atoms with E-state index >= 15 is 0 Å². The molecule has 0 spiro atoms. The zero-order chi connectivity index (χ0) is 25.2. The Bertz CT molecular complexity index is 1580. The lowest BCUT2D eigenvalue weighted by Crippen LogP contribution is -2.24. The van der Waals surface area contributed by atoms with Gasteiger partial charge in [0, 0.05) is 30.9 Å². The molecule has 12 heteroatoms. The zero-order valence-corrected chi connectivity index (χ0v) is 19.3. The van der Waals surface area contributed by atoms with Crippen LogP contribution in [0.4, 0.5) is 10.1 Å². The molecular formula is C24H20FN9O2. The van der Waals surface area contributed by atoms with Crippen LogP contribution in [0.5, 0.6) is 0 Å². The molecular weight excluding hydrogens is 465 g/mol. The second kappa shape index (κ2) is 9.33. The molecule has 0 saturated heterocycles. The minimum Gasteiger partial charge on any atom is -0.347 e. The SMILES string of the molecule is Cc1cc(CNC(=O)c2ncnc3c(NC(=O)c4ccc(-c5nn[nH]n5)cc4)cn(C)c23)ccc1F. The number of aromatic amines is 1. The van der Waals surface area contributed by atoms with E-state index in [1.165, 1.54) is 12.4 Å². The molecule has 3 aromatic heterocycles. The van der Waals surface area contributed by atoms with Gasteiger partial charge in [-0.1, -0.05) is 24.3 Å². The molecule has 5 aromatic rings. The molecule has 0 radical (unpaired) electrons. The first kappa shape index (κ1) is 22.8. The summed E-state index contributed by atoms with van der Waals surface area (Å²) >= 11 is 0. The summed E-state index contributed by atoms with van der Waals surface area (Å²) in [6.07, 6.45) is 2.94. The number of carbonyl (C=O) groups excluding carboxylic acids is 2. The number of fused-ring (bicyclic) bond motifs is 1. The fourth-order valence-electron chi connectivity index (χ4n) is 3.82.